The normalized spacial score (nSPS) is 11.3. The number of aliphatic carboxylic acids is 1. The molecular formula is C19H36KNO3. The van der Waals surface area contributed by atoms with Crippen molar-refractivity contribution >= 4 is 11.9 Å². The van der Waals surface area contributed by atoms with E-state index < -0.39 is 12.5 Å². The average Bonchev–Trinajstić information content (AvgIpc) is 2.53. The van der Waals surface area contributed by atoms with Gasteiger partial charge in [-0.05, 0) is 18.7 Å². The van der Waals surface area contributed by atoms with Crippen molar-refractivity contribution in [2.45, 2.75) is 103 Å². The second kappa shape index (κ2) is 21.6. The van der Waals surface area contributed by atoms with Gasteiger partial charge in [0.1, 0.15) is 6.54 Å². The first kappa shape index (κ1) is 26.8. The number of unbranched alkanes of at least 4 members (excludes halogenated alkanes) is 13. The molecule has 0 aliphatic rings. The van der Waals surface area contributed by atoms with Crippen LogP contribution >= 0.6 is 0 Å². The number of nitrogens with zero attached hydrogens (tertiary/aromatic N) is 1. The van der Waals surface area contributed by atoms with E-state index in [0.29, 0.717) is 6.42 Å². The molecule has 5 heteroatoms. The molecule has 0 aromatic carbocycles. The molecule has 1 N–H and O–H groups in total. The van der Waals surface area contributed by atoms with Gasteiger partial charge in [0.2, 0.25) is 0 Å². The van der Waals surface area contributed by atoms with Gasteiger partial charge in [0, 0.05) is 0 Å². The minimum Gasteiger partial charge on any atom is -0.862 e. The average molecular weight is 366 g/mol. The smallest absolute Gasteiger partial charge is 0.862 e. The maximum absolute atomic E-state index is 11.2. The monoisotopic (exact) mass is 365 g/mol. The molecule has 0 heterocycles. The van der Waals surface area contributed by atoms with Gasteiger partial charge in [0.25, 0.3) is 0 Å². The Hall–Kier alpha value is 0.576. The predicted molar refractivity (Wildman–Crippen MR) is 94.9 cm³/mol. The third kappa shape index (κ3) is 22.6. The van der Waals surface area contributed by atoms with Gasteiger partial charge in [0.05, 0.1) is 0 Å². The van der Waals surface area contributed by atoms with E-state index in [9.17, 15) is 9.90 Å². The van der Waals surface area contributed by atoms with Crippen LogP contribution < -0.4 is 56.5 Å². The van der Waals surface area contributed by atoms with Crippen LogP contribution in [0.2, 0.25) is 0 Å². The molecule has 0 amide bonds. The second-order valence-corrected chi connectivity index (χ2v) is 6.45. The van der Waals surface area contributed by atoms with Crippen LogP contribution in [-0.4, -0.2) is 23.5 Å². The van der Waals surface area contributed by atoms with Gasteiger partial charge in [-0.2, -0.15) is 0 Å². The zero-order valence-electron chi connectivity index (χ0n) is 16.0. The topological polar surface area (TPSA) is 72.7 Å². The Labute approximate surface area is 191 Å². The van der Waals surface area contributed by atoms with Gasteiger partial charge in [0.15, 0.2) is 0 Å². The Morgan fingerprint density at radius 2 is 1.17 bits per heavy atom. The van der Waals surface area contributed by atoms with E-state index >= 15 is 0 Å². The SMILES string of the molecule is CCCCCCCCCCCCCCCCC([O-])=NCC(=O)O.[K+]. The summed E-state index contributed by atoms with van der Waals surface area (Å²) in [6.07, 6.45) is 18.4. The quantitative estimate of drug-likeness (QED) is 0.185. The number of carboxylic acid groups (broad SMARTS) is 1. The minimum atomic E-state index is -1.04. The van der Waals surface area contributed by atoms with Crippen molar-refractivity contribution in [3.8, 4) is 0 Å². The fourth-order valence-corrected chi connectivity index (χ4v) is 2.71. The van der Waals surface area contributed by atoms with E-state index in [2.05, 4.69) is 11.9 Å². The molecule has 0 fully saturated rings. The molecule has 0 atom stereocenters. The van der Waals surface area contributed by atoms with E-state index in [4.69, 9.17) is 5.11 Å². The van der Waals surface area contributed by atoms with Crippen molar-refractivity contribution in [1.82, 2.24) is 0 Å². The number of aliphatic imine (C=N–C) groups is 1. The third-order valence-corrected chi connectivity index (χ3v) is 4.13. The van der Waals surface area contributed by atoms with Gasteiger partial charge >= 0.3 is 57.4 Å². The number of hydrogen-bond acceptors (Lipinski definition) is 3. The Morgan fingerprint density at radius 3 is 1.54 bits per heavy atom. The van der Waals surface area contributed by atoms with E-state index in [1.165, 1.54) is 77.0 Å². The second-order valence-electron chi connectivity index (χ2n) is 6.45. The van der Waals surface area contributed by atoms with Crippen LogP contribution in [0.15, 0.2) is 4.99 Å². The van der Waals surface area contributed by atoms with Crippen molar-refractivity contribution < 1.29 is 66.4 Å². The molecule has 0 aromatic rings. The maximum Gasteiger partial charge on any atom is 1.00 e. The van der Waals surface area contributed by atoms with E-state index in [1.54, 1.807) is 0 Å². The Morgan fingerprint density at radius 1 is 0.792 bits per heavy atom. The molecule has 0 aliphatic heterocycles. The van der Waals surface area contributed by atoms with Crippen LogP contribution in [0.25, 0.3) is 0 Å². The standard InChI is InChI=1S/C19H37NO3.K/c1-2-3-4-5-6-7-8-9-10-11-12-13-14-15-16-18(21)20-17-19(22)23;/h2-17H2,1H3,(H,20,21)(H,22,23);/q;+1/p-1. The van der Waals surface area contributed by atoms with Gasteiger partial charge in [-0.1, -0.05) is 90.4 Å². The van der Waals surface area contributed by atoms with E-state index in [0.717, 1.165) is 12.8 Å². The summed E-state index contributed by atoms with van der Waals surface area (Å²) in [7, 11) is 0. The summed E-state index contributed by atoms with van der Waals surface area (Å²) in [5.41, 5.74) is 0. The molecule has 24 heavy (non-hydrogen) atoms. The first-order chi connectivity index (χ1) is 11.2. The molecule has 4 nitrogen and oxygen atoms in total. The van der Waals surface area contributed by atoms with Crippen LogP contribution in [-0.2, 0) is 4.79 Å². The molecule has 136 valence electrons. The summed E-state index contributed by atoms with van der Waals surface area (Å²) in [5.74, 6) is -1.31. The molecule has 0 saturated heterocycles. The number of carbonyl (C=O) groups is 1. The largest absolute Gasteiger partial charge is 1.00 e. The first-order valence-electron chi connectivity index (χ1n) is 9.59. The van der Waals surface area contributed by atoms with Crippen molar-refractivity contribution in [3.05, 3.63) is 0 Å². The molecule has 0 bridgehead atoms. The summed E-state index contributed by atoms with van der Waals surface area (Å²) in [4.78, 5) is 13.7. The zero-order chi connectivity index (χ0) is 17.2. The number of rotatable bonds is 17. The van der Waals surface area contributed by atoms with Crippen molar-refractivity contribution in [1.29, 1.82) is 0 Å². The van der Waals surface area contributed by atoms with Crippen LogP contribution in [0.5, 0.6) is 0 Å². The summed E-state index contributed by atoms with van der Waals surface area (Å²) in [6.45, 7) is 1.87. The van der Waals surface area contributed by atoms with Crippen molar-refractivity contribution in [2.75, 3.05) is 6.54 Å². The Balaban J connectivity index is 0. The van der Waals surface area contributed by atoms with Gasteiger partial charge in [-0.3, -0.25) is 9.79 Å². The van der Waals surface area contributed by atoms with E-state index in [-0.39, 0.29) is 57.3 Å². The Kier molecular flexibility index (Phi) is 24.1. The maximum atomic E-state index is 11.2. The fraction of sp³-hybridized carbons (Fsp3) is 0.895. The molecule has 0 unspecified atom stereocenters. The zero-order valence-corrected chi connectivity index (χ0v) is 19.1. The van der Waals surface area contributed by atoms with Crippen LogP contribution in [0, 0.1) is 0 Å². The molecule has 0 rings (SSSR count). The number of carboxylic acids is 1. The van der Waals surface area contributed by atoms with Crippen molar-refractivity contribution in [2.24, 2.45) is 4.99 Å². The third-order valence-electron chi connectivity index (χ3n) is 4.13. The molecule has 0 aromatic heterocycles. The summed E-state index contributed by atoms with van der Waals surface area (Å²) in [5, 5.41) is 19.6. The van der Waals surface area contributed by atoms with E-state index in [1.807, 2.05) is 0 Å². The molecular weight excluding hydrogens is 329 g/mol. The molecule has 0 radical (unpaired) electrons. The molecule has 0 saturated carbocycles. The Bertz CT molecular complexity index is 309. The number of hydrogen-bond donors (Lipinski definition) is 1. The van der Waals surface area contributed by atoms with Crippen LogP contribution in [0.4, 0.5) is 0 Å². The minimum absolute atomic E-state index is 0. The van der Waals surface area contributed by atoms with Gasteiger partial charge in [-0.15, -0.1) is 0 Å². The van der Waals surface area contributed by atoms with Crippen LogP contribution in [0.1, 0.15) is 103 Å². The van der Waals surface area contributed by atoms with Crippen LogP contribution in [0.3, 0.4) is 0 Å². The summed E-state index contributed by atoms with van der Waals surface area (Å²) in [6, 6.07) is 0. The summed E-state index contributed by atoms with van der Waals surface area (Å²) < 4.78 is 0. The summed E-state index contributed by atoms with van der Waals surface area (Å²) >= 11 is 0. The van der Waals surface area contributed by atoms with Gasteiger partial charge in [-0.25, -0.2) is 0 Å². The first-order valence-corrected chi connectivity index (χ1v) is 9.59. The predicted octanol–water partition coefficient (Wildman–Crippen LogP) is 1.71. The fourth-order valence-electron chi connectivity index (χ4n) is 2.71. The van der Waals surface area contributed by atoms with Gasteiger partial charge < -0.3 is 10.2 Å². The molecule has 0 aliphatic carbocycles. The van der Waals surface area contributed by atoms with Crippen molar-refractivity contribution in [3.63, 3.8) is 0 Å². The molecule has 0 spiro atoms.